The standard InChI is InChI=1S/C23H25N3O6S2/c1-32-20-9-13-22(14-10-20)34(30,31)26(16-19-5-3-2-4-6-19)17-23(27)25-15-18-7-11-21(12-8-18)33(24,28)29/h2-14H,15-17H2,1H3,(H,25,27)(H2,24,28,29). The number of nitrogens with zero attached hydrogens (tertiary/aromatic N) is 1. The van der Waals surface area contributed by atoms with Crippen LogP contribution in [0, 0.1) is 0 Å². The Morgan fingerprint density at radius 1 is 0.853 bits per heavy atom. The third-order valence-corrected chi connectivity index (χ3v) is 7.70. The van der Waals surface area contributed by atoms with Crippen molar-refractivity contribution >= 4 is 26.0 Å². The fourth-order valence-corrected chi connectivity index (χ4v) is 5.02. The Hall–Kier alpha value is -3.25. The maximum atomic E-state index is 13.3. The highest BCUT2D eigenvalue weighted by molar-refractivity contribution is 7.89. The minimum atomic E-state index is -3.99. The van der Waals surface area contributed by atoms with Crippen LogP contribution in [0.15, 0.2) is 88.7 Å². The summed E-state index contributed by atoms with van der Waals surface area (Å²) in [7, 11) is -6.32. The monoisotopic (exact) mass is 503 g/mol. The van der Waals surface area contributed by atoms with E-state index in [1.54, 1.807) is 36.4 Å². The van der Waals surface area contributed by atoms with E-state index >= 15 is 0 Å². The fraction of sp³-hybridized carbons (Fsp3) is 0.174. The first kappa shape index (κ1) is 25.4. The molecule has 0 unspecified atom stereocenters. The minimum Gasteiger partial charge on any atom is -0.497 e. The highest BCUT2D eigenvalue weighted by Gasteiger charge is 2.27. The van der Waals surface area contributed by atoms with E-state index in [4.69, 9.17) is 9.88 Å². The number of rotatable bonds is 10. The third-order valence-electron chi connectivity index (χ3n) is 4.96. The van der Waals surface area contributed by atoms with E-state index in [0.717, 1.165) is 9.87 Å². The molecule has 0 atom stereocenters. The Morgan fingerprint density at radius 3 is 2.00 bits per heavy atom. The molecule has 3 aromatic carbocycles. The van der Waals surface area contributed by atoms with Crippen LogP contribution in [0.5, 0.6) is 5.75 Å². The number of hydrogen-bond donors (Lipinski definition) is 2. The van der Waals surface area contributed by atoms with Gasteiger partial charge in [-0.25, -0.2) is 22.0 Å². The number of sulfonamides is 2. The van der Waals surface area contributed by atoms with Gasteiger partial charge in [-0.1, -0.05) is 42.5 Å². The van der Waals surface area contributed by atoms with E-state index in [0.29, 0.717) is 11.3 Å². The average Bonchev–Trinajstić information content (AvgIpc) is 2.82. The molecule has 3 N–H and O–H groups in total. The lowest BCUT2D eigenvalue weighted by molar-refractivity contribution is -0.121. The molecule has 34 heavy (non-hydrogen) atoms. The molecule has 0 bridgehead atoms. The molecule has 1 amide bonds. The summed E-state index contributed by atoms with van der Waals surface area (Å²) in [5.41, 5.74) is 1.36. The molecule has 0 fully saturated rings. The molecule has 0 radical (unpaired) electrons. The third kappa shape index (κ3) is 6.64. The van der Waals surface area contributed by atoms with Crippen molar-refractivity contribution in [2.45, 2.75) is 22.9 Å². The summed E-state index contributed by atoms with van der Waals surface area (Å²) < 4.78 is 55.6. The van der Waals surface area contributed by atoms with Crippen molar-refractivity contribution in [2.24, 2.45) is 5.14 Å². The van der Waals surface area contributed by atoms with Gasteiger partial charge in [0.05, 0.1) is 23.4 Å². The van der Waals surface area contributed by atoms with Gasteiger partial charge >= 0.3 is 0 Å². The quantitative estimate of drug-likeness (QED) is 0.433. The molecule has 180 valence electrons. The maximum Gasteiger partial charge on any atom is 0.243 e. The second kappa shape index (κ2) is 10.8. The van der Waals surface area contributed by atoms with Gasteiger partial charge in [0.25, 0.3) is 0 Å². The van der Waals surface area contributed by atoms with Crippen LogP contribution < -0.4 is 15.2 Å². The number of nitrogens with two attached hydrogens (primary N) is 1. The zero-order chi connectivity index (χ0) is 24.8. The number of benzene rings is 3. The van der Waals surface area contributed by atoms with Crippen molar-refractivity contribution in [1.29, 1.82) is 0 Å². The molecule has 0 aromatic heterocycles. The Morgan fingerprint density at radius 2 is 1.44 bits per heavy atom. The van der Waals surface area contributed by atoms with Gasteiger partial charge in [-0.3, -0.25) is 4.79 Å². The normalized spacial score (nSPS) is 11.9. The first-order valence-corrected chi connectivity index (χ1v) is 13.1. The molecule has 0 saturated heterocycles. The van der Waals surface area contributed by atoms with Gasteiger partial charge in [0.15, 0.2) is 0 Å². The molecule has 3 aromatic rings. The predicted molar refractivity (Wildman–Crippen MR) is 127 cm³/mol. The zero-order valence-corrected chi connectivity index (χ0v) is 20.1. The van der Waals surface area contributed by atoms with Crippen LogP contribution in [0.25, 0.3) is 0 Å². The number of carbonyl (C=O) groups excluding carboxylic acids is 1. The van der Waals surface area contributed by atoms with Crippen LogP contribution in [0.1, 0.15) is 11.1 Å². The Labute approximate surface area is 199 Å². The number of carbonyl (C=O) groups is 1. The molecular weight excluding hydrogens is 478 g/mol. The lowest BCUT2D eigenvalue weighted by Crippen LogP contribution is -2.40. The van der Waals surface area contributed by atoms with E-state index in [-0.39, 0.29) is 22.9 Å². The Kier molecular flexibility index (Phi) is 8.05. The lowest BCUT2D eigenvalue weighted by atomic mass is 10.2. The number of nitrogens with one attached hydrogen (secondary N) is 1. The van der Waals surface area contributed by atoms with Gasteiger partial charge in [-0.05, 0) is 47.5 Å². The summed E-state index contributed by atoms with van der Waals surface area (Å²) in [4.78, 5) is 12.7. The number of amides is 1. The van der Waals surface area contributed by atoms with Crippen LogP contribution in [-0.4, -0.2) is 40.7 Å². The van der Waals surface area contributed by atoms with E-state index in [1.807, 2.05) is 6.07 Å². The highest BCUT2D eigenvalue weighted by atomic mass is 32.2. The smallest absolute Gasteiger partial charge is 0.243 e. The summed E-state index contributed by atoms with van der Waals surface area (Å²) >= 11 is 0. The summed E-state index contributed by atoms with van der Waals surface area (Å²) in [6.07, 6.45) is 0. The van der Waals surface area contributed by atoms with Crippen LogP contribution in [-0.2, 0) is 37.9 Å². The molecular formula is C23H25N3O6S2. The molecule has 0 spiro atoms. The molecule has 0 aliphatic carbocycles. The van der Waals surface area contributed by atoms with Crippen molar-refractivity contribution in [3.63, 3.8) is 0 Å². The van der Waals surface area contributed by atoms with Gasteiger partial charge in [-0.15, -0.1) is 0 Å². The summed E-state index contributed by atoms with van der Waals surface area (Å²) in [6, 6.07) is 20.6. The van der Waals surface area contributed by atoms with Gasteiger partial charge in [-0.2, -0.15) is 4.31 Å². The number of methoxy groups -OCH3 is 1. The number of hydrogen-bond acceptors (Lipinski definition) is 6. The molecule has 0 aliphatic rings. The Balaban J connectivity index is 1.76. The molecule has 9 nitrogen and oxygen atoms in total. The van der Waals surface area contributed by atoms with Crippen molar-refractivity contribution < 1.29 is 26.4 Å². The molecule has 3 rings (SSSR count). The second-order valence-corrected chi connectivity index (χ2v) is 10.9. The van der Waals surface area contributed by atoms with Crippen molar-refractivity contribution in [2.75, 3.05) is 13.7 Å². The van der Waals surface area contributed by atoms with Crippen LogP contribution in [0.4, 0.5) is 0 Å². The van der Waals surface area contributed by atoms with Crippen molar-refractivity contribution in [1.82, 2.24) is 9.62 Å². The summed E-state index contributed by atoms with van der Waals surface area (Å²) in [6.45, 7) is -0.310. The predicted octanol–water partition coefficient (Wildman–Crippen LogP) is 1.85. The first-order chi connectivity index (χ1) is 16.1. The molecule has 11 heteroatoms. The van der Waals surface area contributed by atoms with Crippen LogP contribution >= 0.6 is 0 Å². The van der Waals surface area contributed by atoms with Crippen LogP contribution in [0.3, 0.4) is 0 Å². The van der Waals surface area contributed by atoms with Crippen molar-refractivity contribution in [3.05, 3.63) is 90.0 Å². The zero-order valence-electron chi connectivity index (χ0n) is 18.4. The molecule has 0 saturated carbocycles. The van der Waals surface area contributed by atoms with Crippen LogP contribution in [0.2, 0.25) is 0 Å². The fourth-order valence-electron chi connectivity index (χ4n) is 3.12. The Bertz CT molecular complexity index is 1330. The maximum absolute atomic E-state index is 13.3. The number of ether oxygens (including phenoxy) is 1. The lowest BCUT2D eigenvalue weighted by Gasteiger charge is -2.22. The van der Waals surface area contributed by atoms with E-state index < -0.39 is 32.5 Å². The molecule has 0 heterocycles. The highest BCUT2D eigenvalue weighted by Crippen LogP contribution is 2.21. The van der Waals surface area contributed by atoms with E-state index in [1.165, 1.54) is 43.5 Å². The van der Waals surface area contributed by atoms with Gasteiger partial charge in [0, 0.05) is 13.1 Å². The summed E-state index contributed by atoms with van der Waals surface area (Å²) in [5.74, 6) is 0.00305. The molecule has 0 aliphatic heterocycles. The number of primary sulfonamides is 1. The SMILES string of the molecule is COc1ccc(S(=O)(=O)N(CC(=O)NCc2ccc(S(N)(=O)=O)cc2)Cc2ccccc2)cc1. The van der Waals surface area contributed by atoms with E-state index in [2.05, 4.69) is 5.32 Å². The summed E-state index contributed by atoms with van der Waals surface area (Å²) in [5, 5.41) is 7.75. The first-order valence-electron chi connectivity index (χ1n) is 10.2. The second-order valence-electron chi connectivity index (χ2n) is 7.40. The van der Waals surface area contributed by atoms with Gasteiger partial charge < -0.3 is 10.1 Å². The van der Waals surface area contributed by atoms with Gasteiger partial charge in [0.1, 0.15) is 5.75 Å². The largest absolute Gasteiger partial charge is 0.497 e. The average molecular weight is 504 g/mol. The van der Waals surface area contributed by atoms with E-state index in [9.17, 15) is 21.6 Å². The van der Waals surface area contributed by atoms with Gasteiger partial charge in [0.2, 0.25) is 26.0 Å². The topological polar surface area (TPSA) is 136 Å². The van der Waals surface area contributed by atoms with Crippen molar-refractivity contribution in [3.8, 4) is 5.75 Å². The minimum absolute atomic E-state index is 0.00563.